The summed E-state index contributed by atoms with van der Waals surface area (Å²) in [7, 11) is 0. The van der Waals surface area contributed by atoms with Crippen LogP contribution in [0.2, 0.25) is 0 Å². The number of fused-ring (bicyclic) bond motifs is 1. The van der Waals surface area contributed by atoms with Crippen LogP contribution in [0, 0.1) is 17.8 Å². The fourth-order valence-corrected chi connectivity index (χ4v) is 4.24. The summed E-state index contributed by atoms with van der Waals surface area (Å²) in [4.78, 5) is 24.5. The number of aliphatic hydroxyl groups is 3. The van der Waals surface area contributed by atoms with Gasteiger partial charge in [-0.3, -0.25) is 4.79 Å². The van der Waals surface area contributed by atoms with Crippen molar-refractivity contribution in [3.05, 3.63) is 47.7 Å². The molecule has 0 spiro atoms. The number of carbonyl (C=O) groups is 2. The molecule has 0 radical (unpaired) electrons. The maximum Gasteiger partial charge on any atom is 0.330 e. The number of esters is 2. The zero-order chi connectivity index (χ0) is 24.2. The zero-order valence-electron chi connectivity index (χ0n) is 18.6. The lowest BCUT2D eigenvalue weighted by molar-refractivity contribution is -0.221. The molecule has 1 saturated carbocycles. The Morgan fingerprint density at radius 2 is 1.97 bits per heavy atom. The van der Waals surface area contributed by atoms with Crippen LogP contribution in [0.25, 0.3) is 6.08 Å². The van der Waals surface area contributed by atoms with E-state index in [1.165, 1.54) is 24.5 Å². The molecule has 180 valence electrons. The van der Waals surface area contributed by atoms with Gasteiger partial charge in [-0.05, 0) is 41.7 Å². The van der Waals surface area contributed by atoms with Crippen molar-refractivity contribution in [3.8, 4) is 5.75 Å². The van der Waals surface area contributed by atoms with E-state index in [9.17, 15) is 30.0 Å². The van der Waals surface area contributed by atoms with Crippen molar-refractivity contribution in [1.82, 2.24) is 0 Å². The summed E-state index contributed by atoms with van der Waals surface area (Å²) >= 11 is 0. The number of hydrogen-bond acceptors (Lipinski definition) is 9. The second-order valence-electron chi connectivity index (χ2n) is 8.85. The number of aliphatic hydroxyl groups excluding tert-OH is 2. The minimum atomic E-state index is -1.95. The van der Waals surface area contributed by atoms with Gasteiger partial charge in [0.2, 0.25) is 6.29 Å². The maximum atomic E-state index is 12.2. The molecule has 0 saturated heterocycles. The normalized spacial score (nSPS) is 28.8. The van der Waals surface area contributed by atoms with Crippen molar-refractivity contribution >= 4 is 18.0 Å². The predicted octanol–water partition coefficient (Wildman–Crippen LogP) is 1.50. The van der Waals surface area contributed by atoms with Crippen molar-refractivity contribution in [3.63, 3.8) is 0 Å². The van der Waals surface area contributed by atoms with E-state index >= 15 is 0 Å². The third-order valence-electron chi connectivity index (χ3n) is 5.94. The van der Waals surface area contributed by atoms with Crippen LogP contribution in [-0.2, 0) is 23.8 Å². The van der Waals surface area contributed by atoms with Gasteiger partial charge in [0.15, 0.2) is 0 Å². The second kappa shape index (κ2) is 10.4. The van der Waals surface area contributed by atoms with Crippen LogP contribution in [0.3, 0.4) is 0 Å². The monoisotopic (exact) mass is 462 g/mol. The Bertz CT molecular complexity index is 905. The smallest absolute Gasteiger partial charge is 0.330 e. The highest BCUT2D eigenvalue weighted by molar-refractivity contribution is 5.87. The van der Waals surface area contributed by atoms with Gasteiger partial charge in [0.1, 0.15) is 18.0 Å². The summed E-state index contributed by atoms with van der Waals surface area (Å²) in [5.41, 5.74) is -0.853. The molecule has 2 aliphatic rings. The molecule has 1 heterocycles. The molecule has 9 heteroatoms. The zero-order valence-corrected chi connectivity index (χ0v) is 18.6. The molecular weight excluding hydrogens is 432 g/mol. The van der Waals surface area contributed by atoms with E-state index in [0.29, 0.717) is 11.1 Å². The van der Waals surface area contributed by atoms with Gasteiger partial charge in [0.05, 0.1) is 24.9 Å². The van der Waals surface area contributed by atoms with Crippen molar-refractivity contribution in [2.75, 3.05) is 13.2 Å². The molecule has 0 unspecified atom stereocenters. The molecule has 0 bridgehead atoms. The number of aromatic hydroxyl groups is 1. The molecule has 3 rings (SSSR count). The largest absolute Gasteiger partial charge is 0.508 e. The van der Waals surface area contributed by atoms with E-state index in [1.807, 2.05) is 13.8 Å². The van der Waals surface area contributed by atoms with Crippen LogP contribution in [-0.4, -0.2) is 63.6 Å². The number of carbonyl (C=O) groups excluding carboxylic acids is 2. The van der Waals surface area contributed by atoms with E-state index in [2.05, 4.69) is 0 Å². The molecule has 1 aromatic carbocycles. The second-order valence-corrected chi connectivity index (χ2v) is 8.85. The average Bonchev–Trinajstić information content (AvgIpc) is 3.03. The molecule has 9 nitrogen and oxygen atoms in total. The van der Waals surface area contributed by atoms with Gasteiger partial charge in [-0.25, -0.2) is 4.79 Å². The van der Waals surface area contributed by atoms with Gasteiger partial charge in [0.25, 0.3) is 0 Å². The molecule has 0 amide bonds. The van der Waals surface area contributed by atoms with Crippen molar-refractivity contribution in [2.45, 2.75) is 44.7 Å². The number of hydrogen-bond donors (Lipinski definition) is 4. The molecule has 33 heavy (non-hydrogen) atoms. The standard InChI is InChI=1S/C24H30O9/c1-14(2)9-21(29)33-23-22-18(16(11-25)12-31-23)10-19(27)24(22,30)13-32-20(28)8-5-15-3-6-17(26)7-4-15/h3-8,12,14,18-19,22-23,25-27,30H,9-11,13H2,1-2H3/t18-,19+,22-,23+,24-/m1/s1. The number of rotatable bonds is 8. The van der Waals surface area contributed by atoms with Crippen molar-refractivity contribution in [1.29, 1.82) is 0 Å². The lowest BCUT2D eigenvalue weighted by Gasteiger charge is -2.40. The molecule has 1 aromatic rings. The highest BCUT2D eigenvalue weighted by Gasteiger charge is 2.61. The lowest BCUT2D eigenvalue weighted by atomic mass is 9.80. The fourth-order valence-electron chi connectivity index (χ4n) is 4.24. The highest BCUT2D eigenvalue weighted by Crippen LogP contribution is 2.49. The Morgan fingerprint density at radius 1 is 1.27 bits per heavy atom. The van der Waals surface area contributed by atoms with Crippen molar-refractivity contribution < 1.29 is 44.2 Å². The number of benzene rings is 1. The SMILES string of the molecule is CC(C)CC(=O)O[C@@H]1OC=C(CO)[C@H]2C[C@H](O)[C@](O)(COC(=O)C=Cc3ccc(O)cc3)[C@@H]12. The Labute approximate surface area is 191 Å². The molecule has 1 fully saturated rings. The van der Waals surface area contributed by atoms with Crippen LogP contribution >= 0.6 is 0 Å². The molecule has 1 aliphatic carbocycles. The van der Waals surface area contributed by atoms with E-state index in [0.717, 1.165) is 6.08 Å². The molecule has 5 atom stereocenters. The summed E-state index contributed by atoms with van der Waals surface area (Å²) in [5, 5.41) is 41.0. The van der Waals surface area contributed by atoms with Crippen LogP contribution in [0.1, 0.15) is 32.3 Å². The van der Waals surface area contributed by atoms with Crippen LogP contribution in [0.15, 0.2) is 42.2 Å². The van der Waals surface area contributed by atoms with Crippen LogP contribution < -0.4 is 0 Å². The minimum Gasteiger partial charge on any atom is -0.508 e. The maximum absolute atomic E-state index is 12.2. The quantitative estimate of drug-likeness (QED) is 0.334. The number of phenols is 1. The lowest BCUT2D eigenvalue weighted by Crippen LogP contribution is -2.54. The van der Waals surface area contributed by atoms with Gasteiger partial charge in [0, 0.05) is 18.4 Å². The summed E-state index contributed by atoms with van der Waals surface area (Å²) in [6.45, 7) is 2.80. The first-order valence-electron chi connectivity index (χ1n) is 10.8. The predicted molar refractivity (Wildman–Crippen MR) is 116 cm³/mol. The number of phenolic OH excluding ortho intramolecular Hbond substituents is 1. The molecular formula is C24H30O9. The highest BCUT2D eigenvalue weighted by atomic mass is 16.7. The van der Waals surface area contributed by atoms with E-state index < -0.39 is 48.4 Å². The third-order valence-corrected chi connectivity index (χ3v) is 5.94. The number of ether oxygens (including phenoxy) is 3. The summed E-state index contributed by atoms with van der Waals surface area (Å²) in [6, 6.07) is 6.16. The van der Waals surface area contributed by atoms with Crippen LogP contribution in [0.4, 0.5) is 0 Å². The van der Waals surface area contributed by atoms with Gasteiger partial charge in [-0.1, -0.05) is 26.0 Å². The minimum absolute atomic E-state index is 0.0507. The summed E-state index contributed by atoms with van der Waals surface area (Å²) < 4.78 is 16.2. The first kappa shape index (κ1) is 24.8. The molecule has 1 aliphatic heterocycles. The Morgan fingerprint density at radius 3 is 2.61 bits per heavy atom. The summed E-state index contributed by atoms with van der Waals surface area (Å²) in [6.07, 6.45) is 1.65. The van der Waals surface area contributed by atoms with E-state index in [4.69, 9.17) is 14.2 Å². The van der Waals surface area contributed by atoms with E-state index in [1.54, 1.807) is 12.1 Å². The first-order valence-corrected chi connectivity index (χ1v) is 10.8. The third kappa shape index (κ3) is 5.73. The van der Waals surface area contributed by atoms with Crippen molar-refractivity contribution in [2.24, 2.45) is 17.8 Å². The Hall–Kier alpha value is -2.88. The molecule has 4 N–H and O–H groups in total. The van der Waals surface area contributed by atoms with Gasteiger partial charge in [-0.2, -0.15) is 0 Å². The van der Waals surface area contributed by atoms with Crippen LogP contribution in [0.5, 0.6) is 5.75 Å². The van der Waals surface area contributed by atoms with Gasteiger partial charge >= 0.3 is 11.9 Å². The average molecular weight is 462 g/mol. The first-order chi connectivity index (χ1) is 15.6. The Kier molecular flexibility index (Phi) is 7.78. The van der Waals surface area contributed by atoms with Gasteiger partial charge in [-0.15, -0.1) is 0 Å². The fraction of sp³-hybridized carbons (Fsp3) is 0.500. The van der Waals surface area contributed by atoms with Gasteiger partial charge < -0.3 is 34.6 Å². The van der Waals surface area contributed by atoms with E-state index in [-0.39, 0.29) is 31.1 Å². The topological polar surface area (TPSA) is 143 Å². The molecule has 0 aromatic heterocycles. The Balaban J connectivity index is 1.73. The summed E-state index contributed by atoms with van der Waals surface area (Å²) in [5.74, 6) is -2.59.